The van der Waals surface area contributed by atoms with Crippen LogP contribution in [0.15, 0.2) is 72.8 Å². The molecule has 0 aliphatic rings. The fourth-order valence-corrected chi connectivity index (χ4v) is 3.04. The van der Waals surface area contributed by atoms with Crippen LogP contribution in [0.4, 0.5) is 0 Å². The van der Waals surface area contributed by atoms with Gasteiger partial charge in [0.1, 0.15) is 0 Å². The number of hydrogen-bond donors (Lipinski definition) is 0. The molecule has 0 spiro atoms. The Balaban J connectivity index is 0.00000120. The summed E-state index contributed by atoms with van der Waals surface area (Å²) in [6.07, 6.45) is 0. The monoisotopic (exact) mass is 244 g/mol. The van der Waals surface area contributed by atoms with Crippen LogP contribution in [0.25, 0.3) is 10.8 Å². The van der Waals surface area contributed by atoms with E-state index in [9.17, 15) is 0 Å². The van der Waals surface area contributed by atoms with E-state index in [-0.39, 0.29) is 18.9 Å². The minimum absolute atomic E-state index is 0. The summed E-state index contributed by atoms with van der Waals surface area (Å²) in [4.78, 5) is 0. The topological polar surface area (TPSA) is 0 Å². The molecule has 0 fully saturated rings. The molecule has 0 bridgehead atoms. The molecular weight excluding hydrogens is 230 g/mol. The minimum Gasteiger partial charge on any atom is -0.0622 e. The Morgan fingerprint density at radius 2 is 1.22 bits per heavy atom. The van der Waals surface area contributed by atoms with Gasteiger partial charge in [0.25, 0.3) is 0 Å². The summed E-state index contributed by atoms with van der Waals surface area (Å²) in [5, 5.41) is 5.43. The van der Waals surface area contributed by atoms with Crippen molar-refractivity contribution in [1.29, 1.82) is 0 Å². The average molecular weight is 244 g/mol. The molecule has 2 heteroatoms. The Hall–Kier alpha value is -1.05. The molecule has 0 N–H and O–H groups in total. The van der Waals surface area contributed by atoms with Crippen molar-refractivity contribution in [2.75, 3.05) is 0 Å². The van der Waals surface area contributed by atoms with Crippen LogP contribution < -0.4 is 10.6 Å². The third-order valence-electron chi connectivity index (χ3n) is 2.81. The van der Waals surface area contributed by atoms with Gasteiger partial charge in [-0.3, -0.25) is 0 Å². The first-order chi connectivity index (χ1) is 8.42. The van der Waals surface area contributed by atoms with Crippen molar-refractivity contribution < 1.29 is 0 Å². The van der Waals surface area contributed by atoms with Gasteiger partial charge in [0.2, 0.25) is 0 Å². The molecule has 0 saturated carbocycles. The maximum absolute atomic E-state index is 2.29. The van der Waals surface area contributed by atoms with Crippen molar-refractivity contribution in [3.8, 4) is 0 Å². The second-order valence-corrected chi connectivity index (χ2v) is 5.46. The molecule has 0 amide bonds. The molecule has 0 aliphatic heterocycles. The Kier molecular flexibility index (Phi) is 4.62. The standard InChI is InChI=1S/C16H13P.Li.H/c1-2-8-15(9-3-1)17-16-11-10-13-6-4-5-7-14(13)12-16;;/h1-12,17H;;. The van der Waals surface area contributed by atoms with Crippen molar-refractivity contribution >= 4 is 48.8 Å². The summed E-state index contributed by atoms with van der Waals surface area (Å²) in [6, 6.07) is 25.9. The van der Waals surface area contributed by atoms with Crippen LogP contribution in [0.2, 0.25) is 0 Å². The fourth-order valence-electron chi connectivity index (χ4n) is 1.96. The largest absolute Gasteiger partial charge is 0.0622 e. The van der Waals surface area contributed by atoms with E-state index in [1.165, 1.54) is 21.4 Å². The molecule has 84 valence electrons. The predicted octanol–water partition coefficient (Wildman–Crippen LogP) is 2.82. The number of hydrogen-bond acceptors (Lipinski definition) is 0. The van der Waals surface area contributed by atoms with E-state index >= 15 is 0 Å². The van der Waals surface area contributed by atoms with Gasteiger partial charge in [-0.2, -0.15) is 0 Å². The van der Waals surface area contributed by atoms with Crippen LogP contribution in [-0.4, -0.2) is 18.9 Å². The maximum Gasteiger partial charge on any atom is -0.0178 e. The van der Waals surface area contributed by atoms with Gasteiger partial charge in [-0.1, -0.05) is 75.3 Å². The van der Waals surface area contributed by atoms with Crippen LogP contribution >= 0.6 is 8.58 Å². The van der Waals surface area contributed by atoms with E-state index < -0.39 is 0 Å². The van der Waals surface area contributed by atoms with Crippen LogP contribution in [-0.2, 0) is 0 Å². The van der Waals surface area contributed by atoms with Gasteiger partial charge in [-0.05, 0) is 27.4 Å². The zero-order valence-electron chi connectivity index (χ0n) is 9.43. The third kappa shape index (κ3) is 3.04. The predicted molar refractivity (Wildman–Crippen MR) is 85.1 cm³/mol. The summed E-state index contributed by atoms with van der Waals surface area (Å²) in [7, 11) is 0.740. The smallest absolute Gasteiger partial charge is 0.0178 e. The Labute approximate surface area is 121 Å². The van der Waals surface area contributed by atoms with E-state index in [0.29, 0.717) is 0 Å². The first kappa shape index (κ1) is 13.4. The van der Waals surface area contributed by atoms with Gasteiger partial charge in [0, 0.05) is 0 Å². The molecule has 0 radical (unpaired) electrons. The van der Waals surface area contributed by atoms with E-state index in [4.69, 9.17) is 0 Å². The Bertz CT molecular complexity index is 635. The molecular formula is C16H14LiP. The fraction of sp³-hybridized carbons (Fsp3) is 0. The van der Waals surface area contributed by atoms with Crippen LogP contribution in [0.1, 0.15) is 0 Å². The van der Waals surface area contributed by atoms with Crippen molar-refractivity contribution in [3.63, 3.8) is 0 Å². The Morgan fingerprint density at radius 1 is 0.556 bits per heavy atom. The van der Waals surface area contributed by atoms with Crippen molar-refractivity contribution in [3.05, 3.63) is 72.8 Å². The van der Waals surface area contributed by atoms with Crippen molar-refractivity contribution in [2.45, 2.75) is 0 Å². The van der Waals surface area contributed by atoms with Crippen LogP contribution in [0.5, 0.6) is 0 Å². The van der Waals surface area contributed by atoms with Gasteiger partial charge in [0.15, 0.2) is 0 Å². The number of rotatable bonds is 2. The van der Waals surface area contributed by atoms with Gasteiger partial charge in [-0.15, -0.1) is 0 Å². The van der Waals surface area contributed by atoms with E-state index in [0.717, 1.165) is 8.58 Å². The van der Waals surface area contributed by atoms with Crippen LogP contribution in [0.3, 0.4) is 0 Å². The molecule has 0 nitrogen and oxygen atoms in total. The molecule has 0 saturated heterocycles. The van der Waals surface area contributed by atoms with E-state index in [1.807, 2.05) is 0 Å². The summed E-state index contributed by atoms with van der Waals surface area (Å²) >= 11 is 0. The zero-order valence-corrected chi connectivity index (χ0v) is 10.4. The molecule has 1 unspecified atom stereocenters. The quantitative estimate of drug-likeness (QED) is 0.480. The SMILES string of the molecule is [LiH].c1ccc(Pc2ccc3ccccc3c2)cc1. The first-order valence-electron chi connectivity index (χ1n) is 5.73. The third-order valence-corrected chi connectivity index (χ3v) is 4.03. The average Bonchev–Trinajstić information content (AvgIpc) is 2.40. The van der Waals surface area contributed by atoms with E-state index in [2.05, 4.69) is 72.8 Å². The zero-order chi connectivity index (χ0) is 11.5. The molecule has 0 aliphatic carbocycles. The van der Waals surface area contributed by atoms with Gasteiger partial charge in [-0.25, -0.2) is 0 Å². The second-order valence-electron chi connectivity index (χ2n) is 4.05. The van der Waals surface area contributed by atoms with E-state index in [1.54, 1.807) is 0 Å². The van der Waals surface area contributed by atoms with Gasteiger partial charge < -0.3 is 0 Å². The van der Waals surface area contributed by atoms with Crippen molar-refractivity contribution in [1.82, 2.24) is 0 Å². The van der Waals surface area contributed by atoms with Crippen molar-refractivity contribution in [2.24, 2.45) is 0 Å². The number of fused-ring (bicyclic) bond motifs is 1. The first-order valence-corrected chi connectivity index (χ1v) is 6.73. The molecule has 0 aromatic heterocycles. The normalized spacial score (nSPS) is 10.7. The minimum atomic E-state index is 0. The maximum atomic E-state index is 2.29. The second kappa shape index (κ2) is 6.21. The summed E-state index contributed by atoms with van der Waals surface area (Å²) in [5.74, 6) is 0. The summed E-state index contributed by atoms with van der Waals surface area (Å²) < 4.78 is 0. The summed E-state index contributed by atoms with van der Waals surface area (Å²) in [6.45, 7) is 0. The molecule has 0 heterocycles. The molecule has 3 aromatic rings. The Morgan fingerprint density at radius 3 is 2.00 bits per heavy atom. The number of benzene rings is 3. The molecule has 1 atom stereocenters. The van der Waals surface area contributed by atoms with Gasteiger partial charge in [0.05, 0.1) is 0 Å². The van der Waals surface area contributed by atoms with Crippen LogP contribution in [0, 0.1) is 0 Å². The molecule has 18 heavy (non-hydrogen) atoms. The van der Waals surface area contributed by atoms with Gasteiger partial charge >= 0.3 is 18.9 Å². The molecule has 3 aromatic carbocycles. The molecule has 3 rings (SSSR count). The summed E-state index contributed by atoms with van der Waals surface area (Å²) in [5.41, 5.74) is 0.